The lowest BCUT2D eigenvalue weighted by atomic mass is 10.1. The number of nitrogens with one attached hydrogen (secondary N) is 1. The lowest BCUT2D eigenvalue weighted by Gasteiger charge is -2.28. The molecule has 0 bridgehead atoms. The molecule has 4 aromatic heterocycles. The number of rotatable bonds is 15. The minimum absolute atomic E-state index is 0.136. The molecule has 0 saturated carbocycles. The van der Waals surface area contributed by atoms with E-state index in [-0.39, 0.29) is 41.1 Å². The number of carbonyl (C=O) groups excluding carboxylic acids is 2. The summed E-state index contributed by atoms with van der Waals surface area (Å²) in [4.78, 5) is 62.4. The van der Waals surface area contributed by atoms with Crippen LogP contribution in [0, 0.1) is 5.82 Å². The molecule has 18 heteroatoms. The molecular weight excluding hydrogens is 945 g/mol. The van der Waals surface area contributed by atoms with Crippen molar-refractivity contribution in [3.8, 4) is 22.9 Å². The molecule has 372 valence electrons. The number of carboxylic acids is 1. The van der Waals surface area contributed by atoms with E-state index in [0.717, 1.165) is 43.1 Å². The van der Waals surface area contributed by atoms with Gasteiger partial charge in [0.25, 0.3) is 0 Å². The summed E-state index contributed by atoms with van der Waals surface area (Å²) in [5.74, 6) is -0.919. The second kappa shape index (κ2) is 28.1. The van der Waals surface area contributed by atoms with Crippen LogP contribution in [0.15, 0.2) is 112 Å². The molecule has 70 heavy (non-hydrogen) atoms. The summed E-state index contributed by atoms with van der Waals surface area (Å²) in [7, 11) is 0. The van der Waals surface area contributed by atoms with Gasteiger partial charge in [0.2, 0.25) is 11.8 Å². The summed E-state index contributed by atoms with van der Waals surface area (Å²) < 4.78 is 35.0. The number of anilines is 1. The molecule has 15 nitrogen and oxygen atoms in total. The zero-order valence-electron chi connectivity index (χ0n) is 40.0. The first-order valence-corrected chi connectivity index (χ1v) is 23.6. The van der Waals surface area contributed by atoms with Crippen LogP contribution in [-0.4, -0.2) is 63.8 Å². The zero-order valence-corrected chi connectivity index (χ0v) is 41.5. The van der Waals surface area contributed by atoms with Gasteiger partial charge in [-0.25, -0.2) is 23.9 Å². The van der Waals surface area contributed by atoms with Gasteiger partial charge in [-0.1, -0.05) is 56.3 Å². The number of nitrogens with two attached hydrogens (primary N) is 1. The van der Waals surface area contributed by atoms with Crippen molar-refractivity contribution in [2.75, 3.05) is 25.0 Å². The van der Waals surface area contributed by atoms with E-state index in [1.165, 1.54) is 31.4 Å². The number of hydrogen-bond acceptors (Lipinski definition) is 14. The van der Waals surface area contributed by atoms with Gasteiger partial charge in [-0.15, -0.1) is 0 Å². The predicted molar refractivity (Wildman–Crippen MR) is 272 cm³/mol. The highest BCUT2D eigenvalue weighted by Crippen LogP contribution is 2.29. The molecule has 0 aliphatic carbocycles. The van der Waals surface area contributed by atoms with Crippen molar-refractivity contribution in [3.05, 3.63) is 122 Å². The van der Waals surface area contributed by atoms with Crippen molar-refractivity contribution in [1.29, 1.82) is 0 Å². The quantitative estimate of drug-likeness (QED) is 0.0641. The molecule has 8 rings (SSSR count). The van der Waals surface area contributed by atoms with E-state index in [4.69, 9.17) is 61.3 Å². The predicted octanol–water partition coefficient (Wildman–Crippen LogP) is 12.4. The lowest BCUT2D eigenvalue weighted by Crippen LogP contribution is -2.36. The number of benzene rings is 4. The molecule has 0 radical (unpaired) electrons. The molecule has 0 spiro atoms. The third-order valence-corrected chi connectivity index (χ3v) is 11.0. The van der Waals surface area contributed by atoms with Gasteiger partial charge >= 0.3 is 23.4 Å². The second-order valence-corrected chi connectivity index (χ2v) is 17.2. The summed E-state index contributed by atoms with van der Waals surface area (Å²) in [5, 5.41) is 14.3. The van der Waals surface area contributed by atoms with Crippen LogP contribution in [0.25, 0.3) is 67.0 Å². The molecule has 0 amide bonds. The highest BCUT2D eigenvalue weighted by atomic mass is 35.5. The summed E-state index contributed by atoms with van der Waals surface area (Å²) >= 11 is 11.9. The number of oxazole rings is 2. The number of unbranched alkanes of at least 4 members (excludes halogenated alkanes) is 4. The molecule has 8 aromatic rings. The Morgan fingerprint density at radius 1 is 0.700 bits per heavy atom. The van der Waals surface area contributed by atoms with Gasteiger partial charge in [0.05, 0.1) is 0 Å². The molecular formula is C52H58Cl2FN5O10. The summed E-state index contributed by atoms with van der Waals surface area (Å²) in [5.41, 5.74) is 8.07. The van der Waals surface area contributed by atoms with Gasteiger partial charge < -0.3 is 33.8 Å². The third kappa shape index (κ3) is 16.8. The Balaban J connectivity index is 0.000000231. The van der Waals surface area contributed by atoms with Crippen molar-refractivity contribution in [2.24, 2.45) is 5.73 Å². The Kier molecular flexibility index (Phi) is 22.4. The fourth-order valence-electron chi connectivity index (χ4n) is 7.17. The Morgan fingerprint density at radius 2 is 1.21 bits per heavy atom. The SMILES string of the molecule is CCCCCN.CCN(C(C)C)C(C)C.O=C(O)CCCCCNc1ccc2cc(-c3nc4cc(Cl)ccc4o3)c(=O)oc2c1.O=C=O.O=c1oc2cc(F)ccc2cc1-c1nc2cc(Cl)ccc2o1. The molecule has 0 atom stereocenters. The lowest BCUT2D eigenvalue weighted by molar-refractivity contribution is -0.191. The molecule has 0 aliphatic rings. The highest BCUT2D eigenvalue weighted by Gasteiger charge is 2.17. The van der Waals surface area contributed by atoms with Crippen LogP contribution >= 0.6 is 23.2 Å². The maximum atomic E-state index is 13.2. The van der Waals surface area contributed by atoms with Gasteiger partial charge in [-0.3, -0.25) is 9.69 Å². The van der Waals surface area contributed by atoms with E-state index in [9.17, 15) is 18.8 Å². The first kappa shape index (κ1) is 55.9. The van der Waals surface area contributed by atoms with Crippen LogP contribution in [0.4, 0.5) is 10.1 Å². The van der Waals surface area contributed by atoms with Crippen molar-refractivity contribution in [2.45, 2.75) is 98.6 Å². The molecule has 4 heterocycles. The maximum absolute atomic E-state index is 13.2. The Bertz CT molecular complexity index is 3090. The van der Waals surface area contributed by atoms with Crippen molar-refractivity contribution < 1.29 is 41.5 Å². The van der Waals surface area contributed by atoms with Crippen molar-refractivity contribution in [3.63, 3.8) is 0 Å². The normalized spacial score (nSPS) is 10.8. The Labute approximate surface area is 413 Å². The van der Waals surface area contributed by atoms with Gasteiger partial charge in [0.1, 0.15) is 39.1 Å². The van der Waals surface area contributed by atoms with E-state index < -0.39 is 23.0 Å². The molecule has 0 saturated heterocycles. The Morgan fingerprint density at radius 3 is 1.66 bits per heavy atom. The highest BCUT2D eigenvalue weighted by molar-refractivity contribution is 6.31. The number of fused-ring (bicyclic) bond motifs is 4. The number of carbonyl (C=O) groups is 1. The molecule has 4 aromatic carbocycles. The third-order valence-electron chi connectivity index (χ3n) is 10.5. The van der Waals surface area contributed by atoms with E-state index in [0.29, 0.717) is 68.3 Å². The topological polar surface area (TPSA) is 225 Å². The van der Waals surface area contributed by atoms with Gasteiger partial charge in [0, 0.05) is 63.7 Å². The number of halogens is 3. The molecule has 0 aliphatic heterocycles. The van der Waals surface area contributed by atoms with Gasteiger partial charge in [0.15, 0.2) is 11.2 Å². The molecule has 4 N–H and O–H groups in total. The molecule has 0 fully saturated rings. The number of carboxylic acid groups (broad SMARTS) is 1. The van der Waals surface area contributed by atoms with Crippen molar-refractivity contribution in [1.82, 2.24) is 14.9 Å². The van der Waals surface area contributed by atoms with Crippen LogP contribution < -0.4 is 22.3 Å². The summed E-state index contributed by atoms with van der Waals surface area (Å²) in [6, 6.07) is 24.2. The fourth-order valence-corrected chi connectivity index (χ4v) is 7.50. The number of hydrogen-bond donors (Lipinski definition) is 3. The van der Waals surface area contributed by atoms with Crippen LogP contribution in [-0.2, 0) is 14.4 Å². The van der Waals surface area contributed by atoms with E-state index >= 15 is 0 Å². The van der Waals surface area contributed by atoms with Crippen LogP contribution in [0.1, 0.15) is 86.5 Å². The smallest absolute Gasteiger partial charge is 0.373 e. The first-order valence-electron chi connectivity index (χ1n) is 22.9. The second-order valence-electron chi connectivity index (χ2n) is 16.3. The average Bonchev–Trinajstić information content (AvgIpc) is 3.93. The van der Waals surface area contributed by atoms with E-state index in [1.807, 2.05) is 12.1 Å². The van der Waals surface area contributed by atoms with E-state index in [1.54, 1.807) is 54.6 Å². The minimum atomic E-state index is -0.770. The van der Waals surface area contributed by atoms with Gasteiger partial charge in [-0.2, -0.15) is 9.59 Å². The van der Waals surface area contributed by atoms with Crippen LogP contribution in [0.5, 0.6) is 0 Å². The minimum Gasteiger partial charge on any atom is -0.481 e. The monoisotopic (exact) mass is 1000 g/mol. The Hall–Kier alpha value is -6.68. The standard InChI is InChI=1S/C22H19ClN2O5.C16H7ClFNO3.C8H19N.C5H13N.CO2/c23-14-6-8-18-17(11-14)25-21(29-18)16-10-13-5-7-15(12-19(13)30-22(16)28)24-9-3-1-2-4-20(26)27;17-9-2-4-13-12(6-9)19-15(21-13)11-5-8-1-3-10(18)7-14(8)22-16(11)20;1-6-9(7(2)3)8(4)5;1-2-3-4-5-6;2-1-3/h5-8,10-12,24H,1-4,9H2,(H,26,27);1-7H;7-8H,6H2,1-5H3;2-6H2,1H3;. The summed E-state index contributed by atoms with van der Waals surface area (Å²) in [6.45, 7) is 16.1. The maximum Gasteiger partial charge on any atom is 0.373 e. The average molecular weight is 1000 g/mol. The fraction of sp³-hybridized carbons (Fsp3) is 0.346. The first-order chi connectivity index (χ1) is 33.5. The van der Waals surface area contributed by atoms with Crippen LogP contribution in [0.2, 0.25) is 10.0 Å². The largest absolute Gasteiger partial charge is 0.481 e. The summed E-state index contributed by atoms with van der Waals surface area (Å²) in [6.07, 6.45) is 6.55. The molecule has 0 unspecified atom stereocenters. The number of nitrogens with zero attached hydrogens (tertiary/aromatic N) is 3. The number of aromatic nitrogens is 2. The number of aliphatic carboxylic acids is 1. The van der Waals surface area contributed by atoms with Crippen molar-refractivity contribution >= 4 is 85.1 Å². The van der Waals surface area contributed by atoms with Crippen LogP contribution in [0.3, 0.4) is 0 Å². The van der Waals surface area contributed by atoms with Gasteiger partial charge in [-0.05, 0) is 133 Å². The van der Waals surface area contributed by atoms with E-state index in [2.05, 4.69) is 61.7 Å². The zero-order chi connectivity index (χ0) is 51.3.